The van der Waals surface area contributed by atoms with E-state index in [1.54, 1.807) is 0 Å². The molecule has 2 aromatic rings. The number of carboxylic acids is 1. The molecule has 0 unspecified atom stereocenters. The number of hydrogen-bond acceptors (Lipinski definition) is 2. The van der Waals surface area contributed by atoms with Gasteiger partial charge in [-0.1, -0.05) is 0 Å². The number of ether oxygens (including phenoxy) is 1. The predicted octanol–water partition coefficient (Wildman–Crippen LogP) is 3.38. The first-order valence-electron chi connectivity index (χ1n) is 5.57. The van der Waals surface area contributed by atoms with Gasteiger partial charge in [0.05, 0.1) is 0 Å². The second-order valence-electron chi connectivity index (χ2n) is 3.97. The summed E-state index contributed by atoms with van der Waals surface area (Å²) in [5, 5.41) is 8.92. The molecule has 0 saturated heterocycles. The summed E-state index contributed by atoms with van der Waals surface area (Å²) in [7, 11) is 0. The van der Waals surface area contributed by atoms with Gasteiger partial charge in [0.2, 0.25) is 0 Å². The van der Waals surface area contributed by atoms with Gasteiger partial charge < -0.3 is 9.84 Å². The molecule has 3 nitrogen and oxygen atoms in total. The van der Waals surface area contributed by atoms with Crippen LogP contribution >= 0.6 is 0 Å². The Labute approximate surface area is 112 Å². The summed E-state index contributed by atoms with van der Waals surface area (Å²) < 4.78 is 44.3. The summed E-state index contributed by atoms with van der Waals surface area (Å²) in [4.78, 5) is 10.9. The minimum absolute atomic E-state index is 0.0343. The van der Waals surface area contributed by atoms with Crippen molar-refractivity contribution in [1.82, 2.24) is 0 Å². The molecular formula is C14H9F3O3. The molecule has 0 aliphatic heterocycles. The summed E-state index contributed by atoms with van der Waals surface area (Å²) in [5.74, 6) is -3.74. The third kappa shape index (κ3) is 3.09. The van der Waals surface area contributed by atoms with E-state index in [-0.39, 0.29) is 23.5 Å². The van der Waals surface area contributed by atoms with Crippen LogP contribution in [0, 0.1) is 17.5 Å². The van der Waals surface area contributed by atoms with Crippen molar-refractivity contribution >= 4 is 5.97 Å². The van der Waals surface area contributed by atoms with Gasteiger partial charge >= 0.3 is 5.97 Å². The standard InChI is InChI=1S/C14H9F3O3/c15-9-2-1-8(12(17)5-9)7-20-13-6-10(16)3-4-11(13)14(18)19/h1-6H,7H2,(H,18,19). The number of benzene rings is 2. The Bertz CT molecular complexity index is 656. The number of carbonyl (C=O) groups is 1. The van der Waals surface area contributed by atoms with Gasteiger partial charge in [0, 0.05) is 17.7 Å². The third-order valence-electron chi connectivity index (χ3n) is 2.57. The lowest BCUT2D eigenvalue weighted by Gasteiger charge is -2.10. The minimum atomic E-state index is -1.29. The number of halogens is 3. The Kier molecular flexibility index (Phi) is 3.93. The summed E-state index contributed by atoms with van der Waals surface area (Å²) >= 11 is 0. The lowest BCUT2D eigenvalue weighted by molar-refractivity contribution is 0.0691. The van der Waals surface area contributed by atoms with Crippen LogP contribution in [-0.4, -0.2) is 11.1 Å². The lowest BCUT2D eigenvalue weighted by atomic mass is 10.2. The molecule has 0 spiro atoms. The predicted molar refractivity (Wildman–Crippen MR) is 64.0 cm³/mol. The van der Waals surface area contributed by atoms with Crippen LogP contribution in [0.5, 0.6) is 5.75 Å². The Balaban J connectivity index is 2.22. The zero-order valence-electron chi connectivity index (χ0n) is 10.1. The third-order valence-corrected chi connectivity index (χ3v) is 2.57. The van der Waals surface area contributed by atoms with E-state index < -0.39 is 23.4 Å². The van der Waals surface area contributed by atoms with Crippen LogP contribution in [0.3, 0.4) is 0 Å². The highest BCUT2D eigenvalue weighted by Crippen LogP contribution is 2.22. The summed E-state index contributed by atoms with van der Waals surface area (Å²) in [6.07, 6.45) is 0. The fraction of sp³-hybridized carbons (Fsp3) is 0.0714. The molecule has 2 aromatic carbocycles. The topological polar surface area (TPSA) is 46.5 Å². The van der Waals surface area contributed by atoms with E-state index >= 15 is 0 Å². The highest BCUT2D eigenvalue weighted by atomic mass is 19.1. The number of carboxylic acid groups (broad SMARTS) is 1. The van der Waals surface area contributed by atoms with Gasteiger partial charge in [-0.25, -0.2) is 18.0 Å². The first-order chi connectivity index (χ1) is 9.47. The van der Waals surface area contributed by atoms with Crippen molar-refractivity contribution < 1.29 is 27.8 Å². The van der Waals surface area contributed by atoms with Gasteiger partial charge in [0.15, 0.2) is 0 Å². The second kappa shape index (κ2) is 5.64. The number of hydrogen-bond donors (Lipinski definition) is 1. The second-order valence-corrected chi connectivity index (χ2v) is 3.97. The van der Waals surface area contributed by atoms with Crippen molar-refractivity contribution in [2.75, 3.05) is 0 Å². The van der Waals surface area contributed by atoms with Crippen LogP contribution < -0.4 is 4.74 Å². The average Bonchev–Trinajstić information content (AvgIpc) is 2.37. The van der Waals surface area contributed by atoms with Crippen molar-refractivity contribution in [1.29, 1.82) is 0 Å². The van der Waals surface area contributed by atoms with Gasteiger partial charge in [0.1, 0.15) is 35.4 Å². The van der Waals surface area contributed by atoms with E-state index in [0.29, 0.717) is 6.07 Å². The van der Waals surface area contributed by atoms with E-state index in [4.69, 9.17) is 9.84 Å². The maximum absolute atomic E-state index is 13.4. The van der Waals surface area contributed by atoms with Gasteiger partial charge in [-0.15, -0.1) is 0 Å². The highest BCUT2D eigenvalue weighted by Gasteiger charge is 2.13. The fourth-order valence-electron chi connectivity index (χ4n) is 1.59. The van der Waals surface area contributed by atoms with E-state index in [1.165, 1.54) is 6.07 Å². The Morgan fingerprint density at radius 1 is 1.05 bits per heavy atom. The van der Waals surface area contributed by atoms with Crippen LogP contribution in [0.1, 0.15) is 15.9 Å². The largest absolute Gasteiger partial charge is 0.488 e. The molecule has 20 heavy (non-hydrogen) atoms. The van der Waals surface area contributed by atoms with Crippen LogP contribution in [-0.2, 0) is 6.61 Å². The molecule has 0 amide bonds. The zero-order valence-corrected chi connectivity index (χ0v) is 10.1. The van der Waals surface area contributed by atoms with Crippen molar-refractivity contribution in [2.45, 2.75) is 6.61 Å². The molecule has 104 valence electrons. The van der Waals surface area contributed by atoms with E-state index in [0.717, 1.165) is 24.3 Å². The van der Waals surface area contributed by atoms with Gasteiger partial charge in [-0.05, 0) is 24.3 Å². The summed E-state index contributed by atoms with van der Waals surface area (Å²) in [6.45, 7) is -0.337. The molecular weight excluding hydrogens is 273 g/mol. The van der Waals surface area contributed by atoms with Gasteiger partial charge in [-0.2, -0.15) is 0 Å². The molecule has 0 atom stereocenters. The first kappa shape index (κ1) is 13.9. The molecule has 0 radical (unpaired) electrons. The monoisotopic (exact) mass is 282 g/mol. The molecule has 0 heterocycles. The SMILES string of the molecule is O=C(O)c1ccc(F)cc1OCc1ccc(F)cc1F. The minimum Gasteiger partial charge on any atom is -0.488 e. The molecule has 0 fully saturated rings. The highest BCUT2D eigenvalue weighted by molar-refractivity contribution is 5.90. The van der Waals surface area contributed by atoms with Crippen LogP contribution in [0.4, 0.5) is 13.2 Å². The quantitative estimate of drug-likeness (QED) is 0.935. The maximum Gasteiger partial charge on any atom is 0.339 e. The van der Waals surface area contributed by atoms with E-state index in [2.05, 4.69) is 0 Å². The number of aromatic carboxylic acids is 1. The summed E-state index contributed by atoms with van der Waals surface area (Å²) in [5.41, 5.74) is -0.207. The molecule has 1 N–H and O–H groups in total. The molecule has 0 aromatic heterocycles. The average molecular weight is 282 g/mol. The molecule has 0 bridgehead atoms. The normalized spacial score (nSPS) is 10.3. The van der Waals surface area contributed by atoms with Crippen LogP contribution in [0.25, 0.3) is 0 Å². The summed E-state index contributed by atoms with van der Waals surface area (Å²) in [6, 6.07) is 5.83. The van der Waals surface area contributed by atoms with Gasteiger partial charge in [0.25, 0.3) is 0 Å². The molecule has 6 heteroatoms. The fourth-order valence-corrected chi connectivity index (χ4v) is 1.59. The smallest absolute Gasteiger partial charge is 0.339 e. The molecule has 2 rings (SSSR count). The maximum atomic E-state index is 13.4. The zero-order chi connectivity index (χ0) is 14.7. The Morgan fingerprint density at radius 3 is 2.35 bits per heavy atom. The van der Waals surface area contributed by atoms with Crippen LogP contribution in [0.2, 0.25) is 0 Å². The van der Waals surface area contributed by atoms with Gasteiger partial charge in [-0.3, -0.25) is 0 Å². The Hall–Kier alpha value is -2.50. The number of rotatable bonds is 4. The van der Waals surface area contributed by atoms with Crippen molar-refractivity contribution in [3.63, 3.8) is 0 Å². The van der Waals surface area contributed by atoms with Crippen LogP contribution in [0.15, 0.2) is 36.4 Å². The first-order valence-corrected chi connectivity index (χ1v) is 5.57. The van der Waals surface area contributed by atoms with Crippen molar-refractivity contribution in [3.8, 4) is 5.75 Å². The van der Waals surface area contributed by atoms with Crippen molar-refractivity contribution in [3.05, 3.63) is 65.0 Å². The molecule has 0 aliphatic rings. The van der Waals surface area contributed by atoms with E-state index in [1.807, 2.05) is 0 Å². The molecule has 0 saturated carbocycles. The van der Waals surface area contributed by atoms with Crippen molar-refractivity contribution in [2.24, 2.45) is 0 Å². The Morgan fingerprint density at radius 2 is 1.70 bits per heavy atom. The lowest BCUT2D eigenvalue weighted by Crippen LogP contribution is -2.05. The van der Waals surface area contributed by atoms with E-state index in [9.17, 15) is 18.0 Å². The molecule has 0 aliphatic carbocycles.